The fourth-order valence-electron chi connectivity index (χ4n) is 1.30. The summed E-state index contributed by atoms with van der Waals surface area (Å²) in [5.74, 6) is -0.654. The Bertz CT molecular complexity index is 526. The largest absolute Gasteiger partial charge is 0.398 e. The van der Waals surface area contributed by atoms with Crippen LogP contribution in [0.25, 0.3) is 0 Å². The summed E-state index contributed by atoms with van der Waals surface area (Å²) >= 11 is 0. The molecule has 1 aromatic carbocycles. The molecular weight excluding hydrogens is 242 g/mol. The lowest BCUT2D eigenvalue weighted by Gasteiger charge is -2.08. The maximum Gasteiger partial charge on any atom is 0.251 e. The van der Waals surface area contributed by atoms with Gasteiger partial charge in [-0.1, -0.05) is 6.07 Å². The molecule has 0 heterocycles. The van der Waals surface area contributed by atoms with E-state index in [1.807, 2.05) is 0 Å². The number of anilines is 1. The zero-order valence-corrected chi connectivity index (χ0v) is 10.3. The molecule has 1 rings (SSSR count). The molecule has 7 heteroatoms. The molecule has 0 saturated heterocycles. The van der Waals surface area contributed by atoms with Gasteiger partial charge in [-0.25, -0.2) is 13.6 Å². The molecule has 17 heavy (non-hydrogen) atoms. The fraction of sp³-hybridized carbons (Fsp3) is 0.300. The van der Waals surface area contributed by atoms with Gasteiger partial charge in [0.15, 0.2) is 0 Å². The second-order valence-electron chi connectivity index (χ2n) is 3.64. The summed E-state index contributed by atoms with van der Waals surface area (Å²) in [7, 11) is -3.56. The second kappa shape index (κ2) is 5.15. The first-order valence-electron chi connectivity index (χ1n) is 4.95. The van der Waals surface area contributed by atoms with Gasteiger partial charge in [0, 0.05) is 17.8 Å². The van der Waals surface area contributed by atoms with E-state index in [4.69, 9.17) is 10.9 Å². The van der Waals surface area contributed by atoms with E-state index in [1.165, 1.54) is 0 Å². The SMILES string of the molecule is Cc1c(N)cccc1C(=O)NCCS(N)(=O)=O. The quantitative estimate of drug-likeness (QED) is 0.636. The highest BCUT2D eigenvalue weighted by Gasteiger charge is 2.11. The standard InChI is InChI=1S/C10H15N3O3S/c1-7-8(3-2-4-9(7)11)10(14)13-5-6-17(12,15)16/h2-4H,5-6,11H2,1H3,(H,13,14)(H2,12,15,16). The minimum absolute atomic E-state index is 0.0219. The van der Waals surface area contributed by atoms with Crippen molar-refractivity contribution in [2.75, 3.05) is 18.0 Å². The van der Waals surface area contributed by atoms with Crippen molar-refractivity contribution in [1.29, 1.82) is 0 Å². The number of amides is 1. The zero-order chi connectivity index (χ0) is 13.1. The van der Waals surface area contributed by atoms with Crippen molar-refractivity contribution < 1.29 is 13.2 Å². The number of carbonyl (C=O) groups is 1. The third kappa shape index (κ3) is 4.04. The van der Waals surface area contributed by atoms with Crippen LogP contribution in [0.3, 0.4) is 0 Å². The molecule has 0 radical (unpaired) electrons. The van der Waals surface area contributed by atoms with E-state index in [0.29, 0.717) is 16.8 Å². The van der Waals surface area contributed by atoms with E-state index in [1.54, 1.807) is 25.1 Å². The predicted molar refractivity (Wildman–Crippen MR) is 65.9 cm³/mol. The Morgan fingerprint density at radius 3 is 2.65 bits per heavy atom. The molecule has 5 N–H and O–H groups in total. The zero-order valence-electron chi connectivity index (χ0n) is 9.43. The summed E-state index contributed by atoms with van der Waals surface area (Å²) in [5, 5.41) is 7.29. The van der Waals surface area contributed by atoms with Gasteiger partial charge in [0.25, 0.3) is 5.91 Å². The average molecular weight is 257 g/mol. The molecule has 0 unspecified atom stereocenters. The summed E-state index contributed by atoms with van der Waals surface area (Å²) < 4.78 is 21.4. The van der Waals surface area contributed by atoms with Crippen molar-refractivity contribution in [3.63, 3.8) is 0 Å². The van der Waals surface area contributed by atoms with Gasteiger partial charge in [0.2, 0.25) is 10.0 Å². The van der Waals surface area contributed by atoms with Crippen molar-refractivity contribution in [3.8, 4) is 0 Å². The lowest BCUT2D eigenvalue weighted by Crippen LogP contribution is -2.31. The van der Waals surface area contributed by atoms with E-state index in [2.05, 4.69) is 5.32 Å². The monoisotopic (exact) mass is 257 g/mol. The van der Waals surface area contributed by atoms with E-state index in [9.17, 15) is 13.2 Å². The van der Waals surface area contributed by atoms with Gasteiger partial charge in [-0.15, -0.1) is 0 Å². The van der Waals surface area contributed by atoms with Crippen molar-refractivity contribution >= 4 is 21.6 Å². The number of hydrogen-bond donors (Lipinski definition) is 3. The first kappa shape index (κ1) is 13.5. The van der Waals surface area contributed by atoms with Crippen molar-refractivity contribution in [2.24, 2.45) is 5.14 Å². The van der Waals surface area contributed by atoms with Crippen molar-refractivity contribution in [1.82, 2.24) is 5.32 Å². The van der Waals surface area contributed by atoms with Crippen LogP contribution in [-0.4, -0.2) is 26.6 Å². The molecule has 0 aromatic heterocycles. The third-order valence-electron chi connectivity index (χ3n) is 2.29. The number of nitrogens with one attached hydrogen (secondary N) is 1. The number of nitrogens with two attached hydrogens (primary N) is 2. The minimum atomic E-state index is -3.56. The van der Waals surface area contributed by atoms with Crippen LogP contribution in [-0.2, 0) is 10.0 Å². The number of sulfonamides is 1. The lowest BCUT2D eigenvalue weighted by atomic mass is 10.1. The Labute approximate surface area is 100 Å². The van der Waals surface area contributed by atoms with Crippen LogP contribution in [0.1, 0.15) is 15.9 Å². The Kier molecular flexibility index (Phi) is 4.08. The number of rotatable bonds is 4. The van der Waals surface area contributed by atoms with Gasteiger partial charge in [-0.2, -0.15) is 0 Å². The molecule has 0 aliphatic rings. The summed E-state index contributed by atoms with van der Waals surface area (Å²) in [4.78, 5) is 11.7. The molecule has 1 amide bonds. The van der Waals surface area contributed by atoms with Crippen LogP contribution in [0, 0.1) is 6.92 Å². The smallest absolute Gasteiger partial charge is 0.251 e. The van der Waals surface area contributed by atoms with Crippen LogP contribution < -0.4 is 16.2 Å². The predicted octanol–water partition coefficient (Wildman–Crippen LogP) is -0.404. The second-order valence-corrected chi connectivity index (χ2v) is 5.38. The first-order valence-corrected chi connectivity index (χ1v) is 6.66. The van der Waals surface area contributed by atoms with Crippen LogP contribution in [0.2, 0.25) is 0 Å². The molecule has 1 aromatic rings. The molecule has 0 aliphatic carbocycles. The average Bonchev–Trinajstić information content (AvgIpc) is 2.20. The van der Waals surface area contributed by atoms with Crippen molar-refractivity contribution in [3.05, 3.63) is 29.3 Å². The number of benzene rings is 1. The van der Waals surface area contributed by atoms with Gasteiger partial charge in [0.1, 0.15) is 0 Å². The number of nitrogen functional groups attached to an aromatic ring is 1. The Morgan fingerprint density at radius 1 is 1.41 bits per heavy atom. The third-order valence-corrected chi connectivity index (χ3v) is 3.07. The Morgan fingerprint density at radius 2 is 2.06 bits per heavy atom. The van der Waals surface area contributed by atoms with Gasteiger partial charge in [0.05, 0.1) is 5.75 Å². The molecule has 0 spiro atoms. The molecule has 0 atom stereocenters. The molecule has 0 aliphatic heterocycles. The topological polar surface area (TPSA) is 115 Å². The summed E-state index contributed by atoms with van der Waals surface area (Å²) in [6.07, 6.45) is 0. The molecule has 0 bridgehead atoms. The van der Waals surface area contributed by atoms with E-state index in [-0.39, 0.29) is 18.2 Å². The maximum absolute atomic E-state index is 11.7. The number of primary sulfonamides is 1. The van der Waals surface area contributed by atoms with E-state index in [0.717, 1.165) is 0 Å². The van der Waals surface area contributed by atoms with Crippen LogP contribution in [0.15, 0.2) is 18.2 Å². The highest BCUT2D eigenvalue weighted by atomic mass is 32.2. The molecule has 0 fully saturated rings. The Balaban J connectivity index is 2.68. The summed E-state index contributed by atoms with van der Waals surface area (Å²) in [6.45, 7) is 1.70. The number of hydrogen-bond acceptors (Lipinski definition) is 4. The molecule has 6 nitrogen and oxygen atoms in total. The van der Waals surface area contributed by atoms with Gasteiger partial charge in [-0.3, -0.25) is 4.79 Å². The number of carbonyl (C=O) groups excluding carboxylic acids is 1. The summed E-state index contributed by atoms with van der Waals surface area (Å²) in [6, 6.07) is 4.98. The van der Waals surface area contributed by atoms with E-state index < -0.39 is 10.0 Å². The van der Waals surface area contributed by atoms with E-state index >= 15 is 0 Å². The van der Waals surface area contributed by atoms with Gasteiger partial charge < -0.3 is 11.1 Å². The molecule has 94 valence electrons. The first-order chi connectivity index (χ1) is 7.81. The normalized spacial score (nSPS) is 11.2. The van der Waals surface area contributed by atoms with Gasteiger partial charge >= 0.3 is 0 Å². The van der Waals surface area contributed by atoms with Crippen LogP contribution >= 0.6 is 0 Å². The lowest BCUT2D eigenvalue weighted by molar-refractivity contribution is 0.0955. The van der Waals surface area contributed by atoms with Gasteiger partial charge in [-0.05, 0) is 24.6 Å². The molecule has 0 saturated carbocycles. The fourth-order valence-corrected chi connectivity index (χ4v) is 1.69. The summed E-state index contributed by atoms with van der Waals surface area (Å²) in [5.41, 5.74) is 7.28. The highest BCUT2D eigenvalue weighted by Crippen LogP contribution is 2.14. The van der Waals surface area contributed by atoms with Crippen LogP contribution in [0.4, 0.5) is 5.69 Å². The highest BCUT2D eigenvalue weighted by molar-refractivity contribution is 7.89. The van der Waals surface area contributed by atoms with Crippen LogP contribution in [0.5, 0.6) is 0 Å². The minimum Gasteiger partial charge on any atom is -0.398 e. The maximum atomic E-state index is 11.7. The molecular formula is C10H15N3O3S. The van der Waals surface area contributed by atoms with Crippen molar-refractivity contribution in [2.45, 2.75) is 6.92 Å². The Hall–Kier alpha value is -1.60.